The van der Waals surface area contributed by atoms with E-state index in [0.717, 1.165) is 11.3 Å². The van der Waals surface area contributed by atoms with Crippen molar-refractivity contribution in [1.82, 2.24) is 4.90 Å². The SMILES string of the molecule is CN1CCC(C(N)=O)(c2ccsc2F)C1=O. The molecule has 1 aliphatic heterocycles. The van der Waals surface area contributed by atoms with Crippen LogP contribution in [-0.4, -0.2) is 30.3 Å². The number of primary amides is 1. The summed E-state index contributed by atoms with van der Waals surface area (Å²) in [6, 6.07) is 1.46. The van der Waals surface area contributed by atoms with Gasteiger partial charge in [-0.05, 0) is 17.9 Å². The summed E-state index contributed by atoms with van der Waals surface area (Å²) >= 11 is 0.865. The lowest BCUT2D eigenvalue weighted by atomic mass is 9.79. The van der Waals surface area contributed by atoms with Crippen LogP contribution in [0.5, 0.6) is 0 Å². The Balaban J connectivity index is 2.58. The smallest absolute Gasteiger partial charge is 0.242 e. The molecule has 0 bridgehead atoms. The van der Waals surface area contributed by atoms with Crippen molar-refractivity contribution in [2.24, 2.45) is 5.73 Å². The molecule has 2 amide bonds. The van der Waals surface area contributed by atoms with Gasteiger partial charge >= 0.3 is 0 Å². The monoisotopic (exact) mass is 242 g/mol. The molecule has 1 aromatic heterocycles. The van der Waals surface area contributed by atoms with Crippen molar-refractivity contribution >= 4 is 23.2 Å². The van der Waals surface area contributed by atoms with Crippen LogP contribution < -0.4 is 5.73 Å². The first-order chi connectivity index (χ1) is 7.50. The number of rotatable bonds is 2. The number of carbonyl (C=O) groups is 2. The summed E-state index contributed by atoms with van der Waals surface area (Å²) in [6.45, 7) is 0.414. The highest BCUT2D eigenvalue weighted by molar-refractivity contribution is 7.08. The Morgan fingerprint density at radius 1 is 1.69 bits per heavy atom. The fourth-order valence-corrected chi connectivity index (χ4v) is 2.77. The minimum Gasteiger partial charge on any atom is -0.368 e. The summed E-state index contributed by atoms with van der Waals surface area (Å²) in [5.74, 6) is -1.20. The van der Waals surface area contributed by atoms with Crippen LogP contribution in [0.2, 0.25) is 0 Å². The van der Waals surface area contributed by atoms with Crippen LogP contribution in [0.3, 0.4) is 0 Å². The average molecular weight is 242 g/mol. The van der Waals surface area contributed by atoms with Crippen molar-refractivity contribution in [3.63, 3.8) is 0 Å². The van der Waals surface area contributed by atoms with Gasteiger partial charge in [-0.3, -0.25) is 9.59 Å². The zero-order chi connectivity index (χ0) is 11.9. The molecule has 6 heteroatoms. The van der Waals surface area contributed by atoms with E-state index in [1.165, 1.54) is 16.3 Å². The van der Waals surface area contributed by atoms with Crippen molar-refractivity contribution in [3.05, 3.63) is 22.1 Å². The van der Waals surface area contributed by atoms with Gasteiger partial charge in [0.1, 0.15) is 0 Å². The Hall–Kier alpha value is -1.43. The molecule has 2 rings (SSSR count). The van der Waals surface area contributed by atoms with Crippen molar-refractivity contribution in [2.75, 3.05) is 13.6 Å². The lowest BCUT2D eigenvalue weighted by molar-refractivity contribution is -0.138. The van der Waals surface area contributed by atoms with E-state index in [1.807, 2.05) is 0 Å². The number of thiophene rings is 1. The quantitative estimate of drug-likeness (QED) is 0.766. The fraction of sp³-hybridized carbons (Fsp3) is 0.400. The average Bonchev–Trinajstić information content (AvgIpc) is 2.75. The van der Waals surface area contributed by atoms with E-state index in [1.54, 1.807) is 7.05 Å². The third kappa shape index (κ3) is 1.26. The first-order valence-corrected chi connectivity index (χ1v) is 5.67. The minimum atomic E-state index is -1.50. The number of hydrogen-bond donors (Lipinski definition) is 1. The minimum absolute atomic E-state index is 0.111. The summed E-state index contributed by atoms with van der Waals surface area (Å²) in [5, 5.41) is 1.00. The zero-order valence-electron chi connectivity index (χ0n) is 8.70. The Labute approximate surface area is 95.8 Å². The number of amides is 2. The molecular weight excluding hydrogens is 231 g/mol. The van der Waals surface area contributed by atoms with Crippen LogP contribution >= 0.6 is 11.3 Å². The molecule has 16 heavy (non-hydrogen) atoms. The summed E-state index contributed by atoms with van der Waals surface area (Å²) in [6.07, 6.45) is 0.241. The largest absolute Gasteiger partial charge is 0.368 e. The van der Waals surface area contributed by atoms with Gasteiger partial charge in [0, 0.05) is 19.2 Å². The number of likely N-dealkylation sites (tertiary alicyclic amines) is 1. The van der Waals surface area contributed by atoms with E-state index in [0.29, 0.717) is 6.54 Å². The number of nitrogens with two attached hydrogens (primary N) is 1. The van der Waals surface area contributed by atoms with Crippen LogP contribution in [0, 0.1) is 5.13 Å². The molecular formula is C10H11FN2O2S. The summed E-state index contributed by atoms with van der Waals surface area (Å²) in [5.41, 5.74) is 3.91. The second-order valence-electron chi connectivity index (χ2n) is 3.85. The molecule has 0 saturated carbocycles. The third-order valence-electron chi connectivity index (χ3n) is 3.03. The van der Waals surface area contributed by atoms with E-state index in [2.05, 4.69) is 0 Å². The molecule has 0 aliphatic carbocycles. The standard InChI is InChI=1S/C10H11FN2O2S/c1-13-4-3-10(8(12)14,9(13)15)6-2-5-16-7(6)11/h2,5H,3-4H2,1H3,(H2,12,14). The number of hydrogen-bond acceptors (Lipinski definition) is 3. The molecule has 4 nitrogen and oxygen atoms in total. The predicted octanol–water partition coefficient (Wildman–Crippen LogP) is 0.472. The fourth-order valence-electron chi connectivity index (χ4n) is 2.08. The lowest BCUT2D eigenvalue weighted by Gasteiger charge is -2.22. The Kier molecular flexibility index (Phi) is 2.46. The van der Waals surface area contributed by atoms with E-state index >= 15 is 0 Å². The van der Waals surface area contributed by atoms with Crippen molar-refractivity contribution in [3.8, 4) is 0 Å². The van der Waals surface area contributed by atoms with Crippen LogP contribution in [0.15, 0.2) is 11.4 Å². The molecule has 1 aromatic rings. The summed E-state index contributed by atoms with van der Waals surface area (Å²) in [4.78, 5) is 24.9. The summed E-state index contributed by atoms with van der Waals surface area (Å²) in [7, 11) is 1.58. The molecule has 2 heterocycles. The van der Waals surface area contributed by atoms with Gasteiger partial charge in [-0.25, -0.2) is 0 Å². The first kappa shape index (κ1) is 11.1. The van der Waals surface area contributed by atoms with Gasteiger partial charge in [-0.2, -0.15) is 4.39 Å². The Bertz CT molecular complexity index is 459. The third-order valence-corrected chi connectivity index (χ3v) is 3.73. The maximum absolute atomic E-state index is 13.5. The molecule has 1 saturated heterocycles. The maximum Gasteiger partial charge on any atom is 0.242 e. The molecule has 1 fully saturated rings. The van der Waals surface area contributed by atoms with Gasteiger partial charge in [0.15, 0.2) is 10.5 Å². The molecule has 1 unspecified atom stereocenters. The van der Waals surface area contributed by atoms with Gasteiger partial charge in [-0.1, -0.05) is 0 Å². The highest BCUT2D eigenvalue weighted by Gasteiger charge is 2.53. The maximum atomic E-state index is 13.5. The molecule has 0 spiro atoms. The highest BCUT2D eigenvalue weighted by atomic mass is 32.1. The topological polar surface area (TPSA) is 63.4 Å². The number of halogens is 1. The number of likely N-dealkylation sites (N-methyl/N-ethyl adjacent to an activating group) is 1. The molecule has 2 N–H and O–H groups in total. The second-order valence-corrected chi connectivity index (χ2v) is 4.72. The van der Waals surface area contributed by atoms with Gasteiger partial charge in [0.2, 0.25) is 11.8 Å². The Morgan fingerprint density at radius 2 is 2.38 bits per heavy atom. The van der Waals surface area contributed by atoms with E-state index in [-0.39, 0.29) is 12.0 Å². The molecule has 0 aromatic carbocycles. The molecule has 86 valence electrons. The van der Waals surface area contributed by atoms with Gasteiger partial charge in [0.05, 0.1) is 0 Å². The van der Waals surface area contributed by atoms with Crippen LogP contribution in [-0.2, 0) is 15.0 Å². The van der Waals surface area contributed by atoms with Crippen molar-refractivity contribution < 1.29 is 14.0 Å². The summed E-state index contributed by atoms with van der Waals surface area (Å²) < 4.78 is 13.5. The molecule has 1 atom stereocenters. The van der Waals surface area contributed by atoms with Crippen LogP contribution in [0.1, 0.15) is 12.0 Å². The lowest BCUT2D eigenvalue weighted by Crippen LogP contribution is -2.47. The predicted molar refractivity (Wildman–Crippen MR) is 57.4 cm³/mol. The van der Waals surface area contributed by atoms with E-state index < -0.39 is 22.4 Å². The zero-order valence-corrected chi connectivity index (χ0v) is 9.51. The van der Waals surface area contributed by atoms with Gasteiger partial charge in [-0.15, -0.1) is 11.3 Å². The van der Waals surface area contributed by atoms with Crippen molar-refractivity contribution in [2.45, 2.75) is 11.8 Å². The highest BCUT2D eigenvalue weighted by Crippen LogP contribution is 2.38. The molecule has 1 aliphatic rings. The van der Waals surface area contributed by atoms with Gasteiger partial charge in [0.25, 0.3) is 0 Å². The van der Waals surface area contributed by atoms with Crippen molar-refractivity contribution in [1.29, 1.82) is 0 Å². The molecule has 0 radical (unpaired) electrons. The second kappa shape index (κ2) is 3.55. The van der Waals surface area contributed by atoms with Crippen LogP contribution in [0.25, 0.3) is 0 Å². The number of carbonyl (C=O) groups excluding carboxylic acids is 2. The first-order valence-electron chi connectivity index (χ1n) is 4.79. The van der Waals surface area contributed by atoms with E-state index in [4.69, 9.17) is 5.73 Å². The Morgan fingerprint density at radius 3 is 2.75 bits per heavy atom. The van der Waals surface area contributed by atoms with Crippen LogP contribution in [0.4, 0.5) is 4.39 Å². The van der Waals surface area contributed by atoms with E-state index in [9.17, 15) is 14.0 Å². The number of nitrogens with zero attached hydrogens (tertiary/aromatic N) is 1. The normalized spacial score (nSPS) is 25.1. The van der Waals surface area contributed by atoms with Gasteiger partial charge < -0.3 is 10.6 Å².